The fourth-order valence-corrected chi connectivity index (χ4v) is 3.31. The van der Waals surface area contributed by atoms with Gasteiger partial charge in [0.15, 0.2) is 0 Å². The van der Waals surface area contributed by atoms with Crippen LogP contribution in [0.2, 0.25) is 0 Å². The molecule has 120 valence electrons. The lowest BCUT2D eigenvalue weighted by Gasteiger charge is -1.91. The summed E-state index contributed by atoms with van der Waals surface area (Å²) in [5.41, 5.74) is 0. The number of hydrogen-bond acceptors (Lipinski definition) is 8. The summed E-state index contributed by atoms with van der Waals surface area (Å²) in [4.78, 5) is 0. The van der Waals surface area contributed by atoms with E-state index < -0.39 is 0 Å². The van der Waals surface area contributed by atoms with Crippen LogP contribution in [0.3, 0.4) is 0 Å². The second-order valence-corrected chi connectivity index (χ2v) is 7.15. The molecule has 0 unspecified atom stereocenters. The Bertz CT molecular complexity index is 527. The van der Waals surface area contributed by atoms with E-state index in [-0.39, 0.29) is 0 Å². The van der Waals surface area contributed by atoms with E-state index in [1.165, 1.54) is 48.4 Å². The molecule has 2 aromatic heterocycles. The Hall–Kier alpha value is -1.28. The van der Waals surface area contributed by atoms with Crippen LogP contribution in [0.1, 0.15) is 62.4 Å². The summed E-state index contributed by atoms with van der Waals surface area (Å²) >= 11 is 3.00. The fraction of sp³-hybridized carbons (Fsp3) is 0.714. The van der Waals surface area contributed by atoms with E-state index in [9.17, 15) is 0 Å². The van der Waals surface area contributed by atoms with Gasteiger partial charge in [0.05, 0.1) is 0 Å². The molecule has 0 saturated heterocycles. The van der Waals surface area contributed by atoms with Crippen molar-refractivity contribution in [2.24, 2.45) is 10.2 Å². The van der Waals surface area contributed by atoms with Gasteiger partial charge in [-0.25, -0.2) is 0 Å². The van der Waals surface area contributed by atoms with Gasteiger partial charge in [0.2, 0.25) is 0 Å². The van der Waals surface area contributed by atoms with Crippen LogP contribution in [0.5, 0.6) is 0 Å². The first-order valence-electron chi connectivity index (χ1n) is 7.88. The van der Waals surface area contributed by atoms with Crippen LogP contribution in [0.25, 0.3) is 0 Å². The second-order valence-electron chi connectivity index (χ2n) is 5.07. The number of hydrogen-bond donors (Lipinski definition) is 0. The van der Waals surface area contributed by atoms with Crippen LogP contribution in [-0.4, -0.2) is 20.4 Å². The molecule has 2 rings (SSSR count). The Morgan fingerprint density at radius 1 is 0.682 bits per heavy atom. The molecule has 0 fully saturated rings. The largest absolute Gasteiger partial charge is 0.251 e. The zero-order chi connectivity index (χ0) is 15.6. The minimum atomic E-state index is 0.592. The van der Waals surface area contributed by atoms with Crippen molar-refractivity contribution < 1.29 is 0 Å². The van der Waals surface area contributed by atoms with Gasteiger partial charge in [0.25, 0.3) is 10.3 Å². The average molecular weight is 339 g/mol. The predicted octanol–water partition coefficient (Wildman–Crippen LogP) is 5.27. The van der Waals surface area contributed by atoms with Crippen molar-refractivity contribution in [3.8, 4) is 0 Å². The Balaban J connectivity index is 1.83. The van der Waals surface area contributed by atoms with Gasteiger partial charge < -0.3 is 0 Å². The molecule has 0 bridgehead atoms. The fourth-order valence-electron chi connectivity index (χ4n) is 1.91. The van der Waals surface area contributed by atoms with Crippen LogP contribution in [0.15, 0.2) is 10.2 Å². The number of unbranched alkanes of at least 4 members (excludes halogenated alkanes) is 4. The Morgan fingerprint density at radius 2 is 1.14 bits per heavy atom. The van der Waals surface area contributed by atoms with E-state index in [0.29, 0.717) is 10.3 Å². The maximum absolute atomic E-state index is 4.14. The molecule has 0 amide bonds. The standard InChI is InChI=1S/C14H22N6S2/c1-3-5-7-9-11-15-17-13(21-11)19-20-14-18-16-12(22-14)10-8-6-4-2/h3-10H2,1-2H3/b20-19+. The maximum atomic E-state index is 4.14. The molecule has 0 aliphatic heterocycles. The van der Waals surface area contributed by atoms with E-state index in [2.05, 4.69) is 44.5 Å². The van der Waals surface area contributed by atoms with E-state index >= 15 is 0 Å². The summed E-state index contributed by atoms with van der Waals surface area (Å²) in [6.07, 6.45) is 9.12. The van der Waals surface area contributed by atoms with Crippen LogP contribution in [0.4, 0.5) is 10.3 Å². The number of aryl methyl sites for hydroxylation is 2. The van der Waals surface area contributed by atoms with Crippen LogP contribution in [-0.2, 0) is 12.8 Å². The third-order valence-electron chi connectivity index (χ3n) is 3.12. The first-order valence-corrected chi connectivity index (χ1v) is 9.51. The van der Waals surface area contributed by atoms with Gasteiger partial charge in [-0.1, -0.05) is 62.2 Å². The molecule has 0 N–H and O–H groups in total. The van der Waals surface area contributed by atoms with Gasteiger partial charge in [-0.15, -0.1) is 30.6 Å². The molecule has 0 aromatic carbocycles. The van der Waals surface area contributed by atoms with Crippen molar-refractivity contribution in [2.75, 3.05) is 0 Å². The Labute approximate surface area is 139 Å². The topological polar surface area (TPSA) is 76.3 Å². The normalized spacial score (nSPS) is 11.5. The van der Waals surface area contributed by atoms with Crippen molar-refractivity contribution >= 4 is 32.9 Å². The zero-order valence-corrected chi connectivity index (χ0v) is 14.8. The molecule has 8 heteroatoms. The van der Waals surface area contributed by atoms with Crippen LogP contribution in [0, 0.1) is 0 Å². The van der Waals surface area contributed by atoms with Gasteiger partial charge in [-0.3, -0.25) is 0 Å². The SMILES string of the molecule is CCCCCc1nnc(/N=N/c2nnc(CCCCC)s2)s1. The number of nitrogens with zero attached hydrogens (tertiary/aromatic N) is 6. The number of rotatable bonds is 10. The highest BCUT2D eigenvalue weighted by Crippen LogP contribution is 2.25. The van der Waals surface area contributed by atoms with Crippen molar-refractivity contribution in [1.29, 1.82) is 0 Å². The molecule has 0 saturated carbocycles. The van der Waals surface area contributed by atoms with Gasteiger partial charge in [-0.05, 0) is 12.8 Å². The highest BCUT2D eigenvalue weighted by molar-refractivity contribution is 7.15. The summed E-state index contributed by atoms with van der Waals surface area (Å²) in [7, 11) is 0. The molecule has 22 heavy (non-hydrogen) atoms. The quantitative estimate of drug-likeness (QED) is 0.437. The van der Waals surface area contributed by atoms with Gasteiger partial charge in [-0.2, -0.15) is 0 Å². The highest BCUT2D eigenvalue weighted by atomic mass is 32.1. The van der Waals surface area contributed by atoms with Gasteiger partial charge in [0.1, 0.15) is 10.0 Å². The van der Waals surface area contributed by atoms with E-state index in [0.717, 1.165) is 35.7 Å². The third kappa shape index (κ3) is 5.84. The summed E-state index contributed by atoms with van der Waals surface area (Å²) in [5.74, 6) is 0. The molecule has 2 aromatic rings. The molecular formula is C14H22N6S2. The molecule has 0 aliphatic carbocycles. The van der Waals surface area contributed by atoms with Crippen molar-refractivity contribution in [2.45, 2.75) is 65.2 Å². The predicted molar refractivity (Wildman–Crippen MR) is 90.5 cm³/mol. The summed E-state index contributed by atoms with van der Waals surface area (Å²) in [5, 5.41) is 27.8. The van der Waals surface area contributed by atoms with Crippen molar-refractivity contribution in [3.05, 3.63) is 10.0 Å². The van der Waals surface area contributed by atoms with E-state index in [1.807, 2.05) is 0 Å². The van der Waals surface area contributed by atoms with Gasteiger partial charge >= 0.3 is 0 Å². The first-order chi connectivity index (χ1) is 10.8. The number of aromatic nitrogens is 4. The van der Waals surface area contributed by atoms with E-state index in [1.54, 1.807) is 0 Å². The summed E-state index contributed by atoms with van der Waals surface area (Å²) in [6.45, 7) is 4.39. The number of azo groups is 1. The van der Waals surface area contributed by atoms with Gasteiger partial charge in [0, 0.05) is 12.8 Å². The molecule has 2 heterocycles. The van der Waals surface area contributed by atoms with E-state index in [4.69, 9.17) is 0 Å². The minimum absolute atomic E-state index is 0.592. The second kappa shape index (κ2) is 9.68. The first kappa shape index (κ1) is 17.1. The lowest BCUT2D eigenvalue weighted by Crippen LogP contribution is -1.83. The molecular weight excluding hydrogens is 316 g/mol. The summed E-state index contributed by atoms with van der Waals surface area (Å²) in [6, 6.07) is 0. The lowest BCUT2D eigenvalue weighted by molar-refractivity contribution is 0.710. The van der Waals surface area contributed by atoms with Crippen molar-refractivity contribution in [1.82, 2.24) is 20.4 Å². The minimum Gasteiger partial charge on any atom is -0.141 e. The molecule has 0 aliphatic rings. The average Bonchev–Trinajstić information content (AvgIpc) is 3.15. The van der Waals surface area contributed by atoms with Crippen LogP contribution < -0.4 is 0 Å². The Kier molecular flexibility index (Phi) is 7.51. The smallest absolute Gasteiger partial charge is 0.141 e. The van der Waals surface area contributed by atoms with Crippen LogP contribution >= 0.6 is 22.7 Å². The molecule has 0 spiro atoms. The zero-order valence-electron chi connectivity index (χ0n) is 13.2. The molecule has 6 nitrogen and oxygen atoms in total. The summed E-state index contributed by atoms with van der Waals surface area (Å²) < 4.78 is 0. The van der Waals surface area contributed by atoms with Crippen molar-refractivity contribution in [3.63, 3.8) is 0 Å². The molecule has 0 radical (unpaired) electrons. The third-order valence-corrected chi connectivity index (χ3v) is 4.86. The molecule has 0 atom stereocenters. The highest BCUT2D eigenvalue weighted by Gasteiger charge is 2.05. The Morgan fingerprint density at radius 3 is 1.55 bits per heavy atom. The monoisotopic (exact) mass is 338 g/mol. The maximum Gasteiger partial charge on any atom is 0.251 e. The lowest BCUT2D eigenvalue weighted by atomic mass is 10.2.